The molecule has 1 fully saturated rings. The van der Waals surface area contributed by atoms with Gasteiger partial charge in [0.2, 0.25) is 5.88 Å². The lowest BCUT2D eigenvalue weighted by atomic mass is 10.2. The molecule has 0 aliphatic carbocycles. The van der Waals surface area contributed by atoms with E-state index in [-0.39, 0.29) is 12.1 Å². The van der Waals surface area contributed by atoms with E-state index in [0.29, 0.717) is 35.4 Å². The van der Waals surface area contributed by atoms with Crippen LogP contribution >= 0.6 is 11.6 Å². The molecule has 0 atom stereocenters. The first-order chi connectivity index (χ1) is 11.5. The van der Waals surface area contributed by atoms with Crippen LogP contribution in [0, 0.1) is 6.92 Å². The molecule has 2 heterocycles. The van der Waals surface area contributed by atoms with E-state index in [4.69, 9.17) is 21.1 Å². The molecule has 0 unspecified atom stereocenters. The van der Waals surface area contributed by atoms with Crippen molar-refractivity contribution in [1.29, 1.82) is 0 Å². The Labute approximate surface area is 145 Å². The summed E-state index contributed by atoms with van der Waals surface area (Å²) in [5.74, 6) is 1.14. The molecule has 1 aliphatic rings. The Bertz CT molecular complexity index is 748. The van der Waals surface area contributed by atoms with E-state index in [1.807, 2.05) is 25.1 Å². The minimum atomic E-state index is -0.215. The molecular weight excluding hydrogens is 330 g/mol. The number of pyridine rings is 1. The molecule has 7 heteroatoms. The lowest BCUT2D eigenvalue weighted by Gasteiger charge is -2.38. The monoisotopic (exact) mass is 347 g/mol. The number of carbonyl (C=O) groups excluding carboxylic acids is 1. The molecule has 1 saturated heterocycles. The van der Waals surface area contributed by atoms with Crippen molar-refractivity contribution in [3.8, 4) is 11.6 Å². The predicted octanol–water partition coefficient (Wildman–Crippen LogP) is 3.35. The molecule has 0 bridgehead atoms. The summed E-state index contributed by atoms with van der Waals surface area (Å²) in [6.45, 7) is 2.92. The number of amides is 2. The fourth-order valence-electron chi connectivity index (χ4n) is 2.41. The highest BCUT2D eigenvalue weighted by molar-refractivity contribution is 6.31. The first-order valence-electron chi connectivity index (χ1n) is 7.55. The number of nitrogens with one attached hydrogen (secondary N) is 1. The molecule has 2 amide bonds. The van der Waals surface area contributed by atoms with Crippen LogP contribution in [0.2, 0.25) is 5.02 Å². The second-order valence-corrected chi connectivity index (χ2v) is 5.97. The number of methoxy groups -OCH3 is 1. The summed E-state index contributed by atoms with van der Waals surface area (Å²) in [6, 6.07) is 10.5. The Morgan fingerprint density at radius 3 is 2.83 bits per heavy atom. The quantitative estimate of drug-likeness (QED) is 0.921. The van der Waals surface area contributed by atoms with Crippen LogP contribution in [-0.4, -0.2) is 42.2 Å². The van der Waals surface area contributed by atoms with Gasteiger partial charge in [0.1, 0.15) is 11.9 Å². The second-order valence-electron chi connectivity index (χ2n) is 5.54. The number of rotatable bonds is 4. The molecule has 2 aromatic rings. The highest BCUT2D eigenvalue weighted by atomic mass is 35.5. The third-order valence-electron chi connectivity index (χ3n) is 3.69. The number of anilines is 1. The molecule has 1 N–H and O–H groups in total. The van der Waals surface area contributed by atoms with Gasteiger partial charge in [0.05, 0.1) is 25.9 Å². The smallest absolute Gasteiger partial charge is 0.322 e. The zero-order valence-electron chi connectivity index (χ0n) is 13.5. The minimum Gasteiger partial charge on any atom is -0.495 e. The van der Waals surface area contributed by atoms with Crippen molar-refractivity contribution in [3.05, 3.63) is 47.1 Å². The topological polar surface area (TPSA) is 63.7 Å². The van der Waals surface area contributed by atoms with Gasteiger partial charge in [-0.15, -0.1) is 0 Å². The number of hydrogen-bond acceptors (Lipinski definition) is 4. The fourth-order valence-corrected chi connectivity index (χ4v) is 2.58. The molecule has 126 valence electrons. The van der Waals surface area contributed by atoms with E-state index >= 15 is 0 Å². The summed E-state index contributed by atoms with van der Waals surface area (Å²) >= 11 is 5.96. The van der Waals surface area contributed by atoms with Gasteiger partial charge in [0.15, 0.2) is 0 Å². The first kappa shape index (κ1) is 16.4. The third-order valence-corrected chi connectivity index (χ3v) is 3.92. The average molecular weight is 348 g/mol. The van der Waals surface area contributed by atoms with Gasteiger partial charge in [-0.3, -0.25) is 0 Å². The zero-order valence-corrected chi connectivity index (χ0v) is 14.2. The van der Waals surface area contributed by atoms with Gasteiger partial charge < -0.3 is 19.7 Å². The predicted molar refractivity (Wildman–Crippen MR) is 92.0 cm³/mol. The lowest BCUT2D eigenvalue weighted by molar-refractivity contribution is 0.0460. The van der Waals surface area contributed by atoms with Gasteiger partial charge in [0, 0.05) is 16.8 Å². The highest BCUT2D eigenvalue weighted by Crippen LogP contribution is 2.28. The van der Waals surface area contributed by atoms with Crippen LogP contribution < -0.4 is 14.8 Å². The van der Waals surface area contributed by atoms with Crippen LogP contribution in [0.4, 0.5) is 10.5 Å². The molecule has 1 aromatic carbocycles. The molecule has 0 spiro atoms. The Morgan fingerprint density at radius 2 is 2.12 bits per heavy atom. The maximum absolute atomic E-state index is 12.3. The van der Waals surface area contributed by atoms with Crippen LogP contribution in [0.15, 0.2) is 36.4 Å². The van der Waals surface area contributed by atoms with Crippen molar-refractivity contribution in [3.63, 3.8) is 0 Å². The maximum Gasteiger partial charge on any atom is 0.322 e. The van der Waals surface area contributed by atoms with Crippen molar-refractivity contribution >= 4 is 23.3 Å². The molecule has 1 aliphatic heterocycles. The second kappa shape index (κ2) is 6.97. The number of halogens is 1. The van der Waals surface area contributed by atoms with Crippen LogP contribution in [0.5, 0.6) is 11.6 Å². The van der Waals surface area contributed by atoms with Crippen molar-refractivity contribution in [1.82, 2.24) is 9.88 Å². The van der Waals surface area contributed by atoms with E-state index in [9.17, 15) is 4.79 Å². The van der Waals surface area contributed by atoms with Gasteiger partial charge in [-0.1, -0.05) is 17.7 Å². The van der Waals surface area contributed by atoms with Crippen molar-refractivity contribution in [2.45, 2.75) is 13.0 Å². The van der Waals surface area contributed by atoms with E-state index in [0.717, 1.165) is 5.69 Å². The SMILES string of the molecule is COc1ccc(Cl)cc1NC(=O)N1CC(Oc2cccc(C)n2)C1. The summed E-state index contributed by atoms with van der Waals surface area (Å²) in [5, 5.41) is 3.33. The van der Waals surface area contributed by atoms with E-state index in [2.05, 4.69) is 10.3 Å². The third kappa shape index (κ3) is 3.71. The van der Waals surface area contributed by atoms with Gasteiger partial charge >= 0.3 is 6.03 Å². The molecule has 24 heavy (non-hydrogen) atoms. The van der Waals surface area contributed by atoms with Crippen LogP contribution in [0.1, 0.15) is 5.69 Å². The highest BCUT2D eigenvalue weighted by Gasteiger charge is 2.33. The molecule has 0 saturated carbocycles. The maximum atomic E-state index is 12.3. The zero-order chi connectivity index (χ0) is 17.1. The van der Waals surface area contributed by atoms with E-state index < -0.39 is 0 Å². The number of nitrogens with zero attached hydrogens (tertiary/aromatic N) is 2. The van der Waals surface area contributed by atoms with Crippen LogP contribution in [-0.2, 0) is 0 Å². The molecule has 1 aromatic heterocycles. The Hall–Kier alpha value is -2.47. The number of carbonyl (C=O) groups is 1. The number of aryl methyl sites for hydroxylation is 1. The summed E-state index contributed by atoms with van der Waals surface area (Å²) in [6.07, 6.45) is -0.0497. The molecular formula is C17H18ClN3O3. The average Bonchev–Trinajstić information content (AvgIpc) is 2.50. The number of urea groups is 1. The lowest BCUT2D eigenvalue weighted by Crippen LogP contribution is -2.57. The van der Waals surface area contributed by atoms with Crippen LogP contribution in [0.25, 0.3) is 0 Å². The number of likely N-dealkylation sites (tertiary alicyclic amines) is 1. The van der Waals surface area contributed by atoms with Crippen LogP contribution in [0.3, 0.4) is 0 Å². The fraction of sp³-hybridized carbons (Fsp3) is 0.294. The Balaban J connectivity index is 1.54. The number of ether oxygens (including phenoxy) is 2. The van der Waals surface area contributed by atoms with E-state index in [1.165, 1.54) is 0 Å². The van der Waals surface area contributed by atoms with Gasteiger partial charge in [-0.25, -0.2) is 9.78 Å². The Kier molecular flexibility index (Phi) is 4.76. The first-order valence-corrected chi connectivity index (χ1v) is 7.93. The summed E-state index contributed by atoms with van der Waals surface area (Å²) in [5.41, 5.74) is 1.44. The van der Waals surface area contributed by atoms with Gasteiger partial charge in [0.25, 0.3) is 0 Å². The van der Waals surface area contributed by atoms with Crippen molar-refractivity contribution < 1.29 is 14.3 Å². The molecule has 3 rings (SSSR count). The van der Waals surface area contributed by atoms with Gasteiger partial charge in [-0.2, -0.15) is 0 Å². The molecule has 6 nitrogen and oxygen atoms in total. The minimum absolute atomic E-state index is 0.0497. The van der Waals surface area contributed by atoms with Crippen molar-refractivity contribution in [2.24, 2.45) is 0 Å². The number of benzene rings is 1. The number of hydrogen-bond donors (Lipinski definition) is 1. The summed E-state index contributed by atoms with van der Waals surface area (Å²) in [4.78, 5) is 18.2. The van der Waals surface area contributed by atoms with Crippen molar-refractivity contribution in [2.75, 3.05) is 25.5 Å². The normalized spacial score (nSPS) is 14.0. The largest absolute Gasteiger partial charge is 0.495 e. The van der Waals surface area contributed by atoms with E-state index in [1.54, 1.807) is 30.2 Å². The number of aromatic nitrogens is 1. The summed E-state index contributed by atoms with van der Waals surface area (Å²) < 4.78 is 11.0. The Morgan fingerprint density at radius 1 is 1.33 bits per heavy atom. The standard InChI is InChI=1S/C17H18ClN3O3/c1-11-4-3-5-16(19-11)24-13-9-21(10-13)17(22)20-14-8-12(18)6-7-15(14)23-2/h3-8,13H,9-10H2,1-2H3,(H,20,22). The molecule has 0 radical (unpaired) electrons. The van der Waals surface area contributed by atoms with Gasteiger partial charge in [-0.05, 0) is 31.2 Å². The summed E-state index contributed by atoms with van der Waals surface area (Å²) in [7, 11) is 1.54.